The molecule has 0 aliphatic rings. The molecule has 0 spiro atoms. The fraction of sp³-hybridized carbons (Fsp3) is 0.130. The summed E-state index contributed by atoms with van der Waals surface area (Å²) < 4.78 is 14.8. The lowest BCUT2D eigenvalue weighted by molar-refractivity contribution is 0.627. The van der Waals surface area contributed by atoms with E-state index < -0.39 is 0 Å². The van der Waals surface area contributed by atoms with Crippen LogP contribution in [-0.2, 0) is 5.75 Å². The monoisotopic (exact) mass is 390 g/mol. The number of halogens is 1. The van der Waals surface area contributed by atoms with Crippen molar-refractivity contribution in [1.29, 1.82) is 0 Å². The molecule has 28 heavy (non-hydrogen) atoms. The Morgan fingerprint density at radius 3 is 2.46 bits per heavy atom. The van der Waals surface area contributed by atoms with E-state index in [2.05, 4.69) is 0 Å². The summed E-state index contributed by atoms with van der Waals surface area (Å²) in [6, 6.07) is 19.7. The van der Waals surface area contributed by atoms with Crippen molar-refractivity contribution >= 4 is 22.7 Å². The van der Waals surface area contributed by atoms with E-state index in [1.54, 1.807) is 22.8 Å². The number of aryl methyl sites for hydroxylation is 2. The van der Waals surface area contributed by atoms with Crippen LogP contribution in [0.25, 0.3) is 16.6 Å². The van der Waals surface area contributed by atoms with Gasteiger partial charge in [0.2, 0.25) is 0 Å². The van der Waals surface area contributed by atoms with Crippen LogP contribution in [0.4, 0.5) is 4.39 Å². The van der Waals surface area contributed by atoms with Gasteiger partial charge in [-0.2, -0.15) is 0 Å². The molecule has 0 unspecified atom stereocenters. The van der Waals surface area contributed by atoms with E-state index in [1.807, 2.05) is 50.2 Å². The molecule has 3 aromatic carbocycles. The molecule has 0 aliphatic carbocycles. The van der Waals surface area contributed by atoms with Gasteiger partial charge in [0.25, 0.3) is 5.56 Å². The third-order valence-corrected chi connectivity index (χ3v) is 5.78. The standard InChI is InChI=1S/C23H19FN2OS/c1-15-7-12-19(13-16(15)2)26-22(27)20-5-3-4-6-21(20)25-23(26)28-14-17-8-10-18(24)11-9-17/h3-13H,14H2,1-2H3. The van der Waals surface area contributed by atoms with Crippen molar-refractivity contribution in [2.45, 2.75) is 24.8 Å². The zero-order valence-corrected chi connectivity index (χ0v) is 16.5. The molecule has 0 N–H and O–H groups in total. The second-order valence-electron chi connectivity index (χ2n) is 6.74. The summed E-state index contributed by atoms with van der Waals surface area (Å²) in [5.74, 6) is 0.334. The SMILES string of the molecule is Cc1ccc(-n2c(SCc3ccc(F)cc3)nc3ccccc3c2=O)cc1C. The number of aromatic nitrogens is 2. The second-order valence-corrected chi connectivity index (χ2v) is 7.68. The summed E-state index contributed by atoms with van der Waals surface area (Å²) in [7, 11) is 0. The van der Waals surface area contributed by atoms with E-state index in [0.29, 0.717) is 21.8 Å². The third-order valence-electron chi connectivity index (χ3n) is 4.77. The lowest BCUT2D eigenvalue weighted by Gasteiger charge is -2.14. The molecule has 0 saturated carbocycles. The van der Waals surface area contributed by atoms with Gasteiger partial charge in [-0.05, 0) is 66.9 Å². The van der Waals surface area contributed by atoms with E-state index in [1.165, 1.54) is 29.5 Å². The fourth-order valence-electron chi connectivity index (χ4n) is 3.03. The van der Waals surface area contributed by atoms with E-state index in [-0.39, 0.29) is 11.4 Å². The first kappa shape index (κ1) is 18.4. The number of thioether (sulfide) groups is 1. The maximum absolute atomic E-state index is 13.3. The maximum Gasteiger partial charge on any atom is 0.266 e. The summed E-state index contributed by atoms with van der Waals surface area (Å²) >= 11 is 1.47. The van der Waals surface area contributed by atoms with Crippen LogP contribution >= 0.6 is 11.8 Å². The van der Waals surface area contributed by atoms with Crippen LogP contribution < -0.4 is 5.56 Å². The molecular weight excluding hydrogens is 371 g/mol. The Balaban J connectivity index is 1.84. The van der Waals surface area contributed by atoms with Gasteiger partial charge in [0.15, 0.2) is 5.16 Å². The number of nitrogens with zero attached hydrogens (tertiary/aromatic N) is 2. The molecule has 140 valence electrons. The van der Waals surface area contributed by atoms with Gasteiger partial charge < -0.3 is 0 Å². The highest BCUT2D eigenvalue weighted by Gasteiger charge is 2.14. The van der Waals surface area contributed by atoms with Crippen LogP contribution in [0, 0.1) is 19.7 Å². The van der Waals surface area contributed by atoms with Gasteiger partial charge in [-0.25, -0.2) is 9.37 Å². The van der Waals surface area contributed by atoms with Gasteiger partial charge in [-0.15, -0.1) is 0 Å². The van der Waals surface area contributed by atoms with Gasteiger partial charge in [-0.1, -0.05) is 42.1 Å². The average Bonchev–Trinajstić information content (AvgIpc) is 2.70. The zero-order chi connectivity index (χ0) is 19.7. The lowest BCUT2D eigenvalue weighted by Crippen LogP contribution is -2.22. The van der Waals surface area contributed by atoms with Crippen molar-refractivity contribution in [2.75, 3.05) is 0 Å². The van der Waals surface area contributed by atoms with Crippen LogP contribution in [0.2, 0.25) is 0 Å². The highest BCUT2D eigenvalue weighted by molar-refractivity contribution is 7.98. The van der Waals surface area contributed by atoms with Gasteiger partial charge in [0.05, 0.1) is 16.6 Å². The maximum atomic E-state index is 13.3. The fourth-order valence-corrected chi connectivity index (χ4v) is 4.00. The first-order valence-corrected chi connectivity index (χ1v) is 9.98. The summed E-state index contributed by atoms with van der Waals surface area (Å²) in [5, 5.41) is 1.21. The number of para-hydroxylation sites is 1. The molecule has 0 bridgehead atoms. The molecule has 5 heteroatoms. The number of fused-ring (bicyclic) bond motifs is 1. The molecule has 0 radical (unpaired) electrons. The van der Waals surface area contributed by atoms with Crippen molar-refractivity contribution in [3.8, 4) is 5.69 Å². The Kier molecular flexibility index (Phi) is 5.01. The predicted molar refractivity (Wildman–Crippen MR) is 113 cm³/mol. The Morgan fingerprint density at radius 2 is 1.71 bits per heavy atom. The molecule has 4 rings (SSSR count). The van der Waals surface area contributed by atoms with Crippen LogP contribution in [0.3, 0.4) is 0 Å². The number of hydrogen-bond donors (Lipinski definition) is 0. The summed E-state index contributed by atoms with van der Waals surface area (Å²) in [6.45, 7) is 4.08. The minimum Gasteiger partial charge on any atom is -0.268 e. The third kappa shape index (κ3) is 3.58. The van der Waals surface area contributed by atoms with Crippen LogP contribution in [0.1, 0.15) is 16.7 Å². The molecule has 0 aliphatic heterocycles. The number of hydrogen-bond acceptors (Lipinski definition) is 3. The summed E-state index contributed by atoms with van der Waals surface area (Å²) in [6.07, 6.45) is 0. The largest absolute Gasteiger partial charge is 0.268 e. The van der Waals surface area contributed by atoms with Gasteiger partial charge in [-0.3, -0.25) is 9.36 Å². The topological polar surface area (TPSA) is 34.9 Å². The Labute approximate surface area is 166 Å². The Hall–Kier alpha value is -2.92. The first-order valence-electron chi connectivity index (χ1n) is 8.99. The number of rotatable bonds is 4. The zero-order valence-electron chi connectivity index (χ0n) is 15.6. The highest BCUT2D eigenvalue weighted by atomic mass is 32.2. The molecular formula is C23H19FN2OS. The smallest absolute Gasteiger partial charge is 0.266 e. The first-order chi connectivity index (χ1) is 13.5. The van der Waals surface area contributed by atoms with E-state index in [0.717, 1.165) is 16.8 Å². The summed E-state index contributed by atoms with van der Waals surface area (Å²) in [5.41, 5.74) is 4.65. The van der Waals surface area contributed by atoms with Crippen LogP contribution in [0.5, 0.6) is 0 Å². The van der Waals surface area contributed by atoms with Gasteiger partial charge >= 0.3 is 0 Å². The van der Waals surface area contributed by atoms with Crippen LogP contribution in [0.15, 0.2) is 76.7 Å². The van der Waals surface area contributed by atoms with Crippen LogP contribution in [-0.4, -0.2) is 9.55 Å². The molecule has 4 aromatic rings. The minimum atomic E-state index is -0.260. The van der Waals surface area contributed by atoms with Gasteiger partial charge in [0.1, 0.15) is 5.82 Å². The lowest BCUT2D eigenvalue weighted by atomic mass is 10.1. The quantitative estimate of drug-likeness (QED) is 0.344. The van der Waals surface area contributed by atoms with Crippen molar-refractivity contribution < 1.29 is 4.39 Å². The van der Waals surface area contributed by atoms with E-state index in [9.17, 15) is 9.18 Å². The molecule has 1 aromatic heterocycles. The second kappa shape index (κ2) is 7.60. The summed E-state index contributed by atoms with van der Waals surface area (Å²) in [4.78, 5) is 18.0. The van der Waals surface area contributed by atoms with Gasteiger partial charge in [0, 0.05) is 5.75 Å². The Morgan fingerprint density at radius 1 is 0.964 bits per heavy atom. The van der Waals surface area contributed by atoms with Crippen molar-refractivity contribution in [1.82, 2.24) is 9.55 Å². The normalized spacial score (nSPS) is 11.1. The molecule has 3 nitrogen and oxygen atoms in total. The number of benzene rings is 3. The molecule has 1 heterocycles. The molecule has 0 fully saturated rings. The van der Waals surface area contributed by atoms with E-state index >= 15 is 0 Å². The minimum absolute atomic E-state index is 0.0875. The van der Waals surface area contributed by atoms with E-state index in [4.69, 9.17) is 4.98 Å². The average molecular weight is 390 g/mol. The van der Waals surface area contributed by atoms with Crippen molar-refractivity contribution in [3.05, 3.63) is 99.6 Å². The van der Waals surface area contributed by atoms with Crippen molar-refractivity contribution in [2.24, 2.45) is 0 Å². The Bertz CT molecular complexity index is 1220. The predicted octanol–water partition coefficient (Wildman–Crippen LogP) is 5.43. The molecule has 0 amide bonds. The van der Waals surface area contributed by atoms with Crippen molar-refractivity contribution in [3.63, 3.8) is 0 Å². The molecule has 0 atom stereocenters. The molecule has 0 saturated heterocycles. The highest BCUT2D eigenvalue weighted by Crippen LogP contribution is 2.25.